The fourth-order valence-corrected chi connectivity index (χ4v) is 3.29. The molecule has 1 aliphatic rings. The van der Waals surface area contributed by atoms with Gasteiger partial charge >= 0.3 is 0 Å². The highest BCUT2D eigenvalue weighted by Crippen LogP contribution is 2.19. The van der Waals surface area contributed by atoms with E-state index in [0.29, 0.717) is 13.0 Å². The first-order valence-corrected chi connectivity index (χ1v) is 7.03. The van der Waals surface area contributed by atoms with Crippen LogP contribution < -0.4 is 4.72 Å². The lowest BCUT2D eigenvalue weighted by atomic mass is 9.98. The SMILES string of the molecule is CC1CCN(S(=O)(=O)NC(C)(C)C)CC1O. The summed E-state index contributed by atoms with van der Waals surface area (Å²) in [5.74, 6) is 0.168. The van der Waals surface area contributed by atoms with Crippen LogP contribution in [0, 0.1) is 5.92 Å². The molecule has 0 bridgehead atoms. The van der Waals surface area contributed by atoms with Gasteiger partial charge in [0.2, 0.25) is 0 Å². The average molecular weight is 250 g/mol. The van der Waals surface area contributed by atoms with Crippen molar-refractivity contribution in [3.8, 4) is 0 Å². The molecule has 0 aromatic rings. The van der Waals surface area contributed by atoms with Gasteiger partial charge in [0.1, 0.15) is 0 Å². The van der Waals surface area contributed by atoms with Crippen LogP contribution in [-0.2, 0) is 10.2 Å². The Labute approximate surface area is 98.0 Å². The molecule has 5 nitrogen and oxygen atoms in total. The van der Waals surface area contributed by atoms with Crippen LogP contribution in [0.25, 0.3) is 0 Å². The van der Waals surface area contributed by atoms with E-state index in [2.05, 4.69) is 4.72 Å². The second-order valence-corrected chi connectivity index (χ2v) is 7.22. The summed E-state index contributed by atoms with van der Waals surface area (Å²) in [5, 5.41) is 9.68. The lowest BCUT2D eigenvalue weighted by Gasteiger charge is -2.35. The van der Waals surface area contributed by atoms with Crippen LogP contribution in [0.5, 0.6) is 0 Å². The van der Waals surface area contributed by atoms with E-state index in [0.717, 1.165) is 0 Å². The monoisotopic (exact) mass is 250 g/mol. The van der Waals surface area contributed by atoms with E-state index in [9.17, 15) is 13.5 Å². The summed E-state index contributed by atoms with van der Waals surface area (Å²) >= 11 is 0. The predicted octanol–water partition coefficient (Wildman–Crippen LogP) is 0.322. The largest absolute Gasteiger partial charge is 0.391 e. The minimum Gasteiger partial charge on any atom is -0.391 e. The lowest BCUT2D eigenvalue weighted by Crippen LogP contribution is -2.53. The molecular weight excluding hydrogens is 228 g/mol. The molecule has 0 amide bonds. The predicted molar refractivity (Wildman–Crippen MR) is 63.2 cm³/mol. The first kappa shape index (κ1) is 13.9. The Morgan fingerprint density at radius 3 is 2.38 bits per heavy atom. The minimum atomic E-state index is -3.47. The van der Waals surface area contributed by atoms with E-state index >= 15 is 0 Å². The zero-order valence-corrected chi connectivity index (χ0v) is 11.2. The van der Waals surface area contributed by atoms with E-state index in [1.165, 1.54) is 4.31 Å². The molecule has 1 aliphatic heterocycles. The molecule has 1 fully saturated rings. The zero-order chi connectivity index (χ0) is 12.6. The molecule has 0 radical (unpaired) electrons. The maximum atomic E-state index is 12.0. The molecule has 1 heterocycles. The molecule has 1 saturated heterocycles. The molecule has 2 unspecified atom stereocenters. The molecule has 0 spiro atoms. The van der Waals surface area contributed by atoms with E-state index in [-0.39, 0.29) is 12.5 Å². The Balaban J connectivity index is 2.71. The van der Waals surface area contributed by atoms with Crippen LogP contribution in [0.3, 0.4) is 0 Å². The van der Waals surface area contributed by atoms with Crippen molar-refractivity contribution < 1.29 is 13.5 Å². The Morgan fingerprint density at radius 1 is 1.38 bits per heavy atom. The molecular formula is C10H22N2O3S. The van der Waals surface area contributed by atoms with Crippen molar-refractivity contribution in [1.29, 1.82) is 0 Å². The van der Waals surface area contributed by atoms with Gasteiger partial charge in [-0.1, -0.05) is 6.92 Å². The number of nitrogens with zero attached hydrogens (tertiary/aromatic N) is 1. The summed E-state index contributed by atoms with van der Waals surface area (Å²) in [6, 6.07) is 0. The number of nitrogens with one attached hydrogen (secondary N) is 1. The Hall–Kier alpha value is -0.170. The van der Waals surface area contributed by atoms with Crippen molar-refractivity contribution in [1.82, 2.24) is 9.03 Å². The van der Waals surface area contributed by atoms with Crippen molar-refractivity contribution >= 4 is 10.2 Å². The molecule has 0 aromatic heterocycles. The standard InChI is InChI=1S/C10H22N2O3S/c1-8-5-6-12(7-9(8)13)16(14,15)11-10(2,3)4/h8-9,11,13H,5-7H2,1-4H3. The van der Waals surface area contributed by atoms with Gasteiger partial charge in [-0.3, -0.25) is 0 Å². The highest BCUT2D eigenvalue weighted by molar-refractivity contribution is 7.87. The van der Waals surface area contributed by atoms with Crippen LogP contribution in [-0.4, -0.2) is 42.6 Å². The van der Waals surface area contributed by atoms with Crippen molar-refractivity contribution in [3.05, 3.63) is 0 Å². The maximum Gasteiger partial charge on any atom is 0.280 e. The van der Waals surface area contributed by atoms with Crippen LogP contribution in [0.4, 0.5) is 0 Å². The van der Waals surface area contributed by atoms with E-state index in [4.69, 9.17) is 0 Å². The molecule has 0 saturated carbocycles. The van der Waals surface area contributed by atoms with Gasteiger partial charge in [-0.2, -0.15) is 17.4 Å². The van der Waals surface area contributed by atoms with Crippen molar-refractivity contribution in [2.24, 2.45) is 5.92 Å². The van der Waals surface area contributed by atoms with Gasteiger partial charge in [0, 0.05) is 18.6 Å². The summed E-state index contributed by atoms with van der Waals surface area (Å²) in [5.41, 5.74) is -0.493. The van der Waals surface area contributed by atoms with Gasteiger partial charge in [-0.05, 0) is 33.1 Å². The number of rotatable bonds is 2. The van der Waals surface area contributed by atoms with Gasteiger partial charge in [-0.25, -0.2) is 0 Å². The summed E-state index contributed by atoms with van der Waals surface area (Å²) < 4.78 is 27.8. The lowest BCUT2D eigenvalue weighted by molar-refractivity contribution is 0.0597. The number of piperidine rings is 1. The second kappa shape index (κ2) is 4.60. The number of hydrogen-bond acceptors (Lipinski definition) is 3. The van der Waals surface area contributed by atoms with E-state index in [1.54, 1.807) is 20.8 Å². The normalized spacial score (nSPS) is 29.3. The second-order valence-electron chi connectivity index (χ2n) is 5.55. The van der Waals surface area contributed by atoms with Crippen molar-refractivity contribution in [2.45, 2.75) is 45.8 Å². The molecule has 16 heavy (non-hydrogen) atoms. The minimum absolute atomic E-state index is 0.168. The summed E-state index contributed by atoms with van der Waals surface area (Å²) in [4.78, 5) is 0. The number of β-amino-alcohol motifs (C(OH)–C–C–N with tert-alkyl or cyclic N) is 1. The summed E-state index contributed by atoms with van der Waals surface area (Å²) in [6.07, 6.45) is 0.136. The molecule has 96 valence electrons. The van der Waals surface area contributed by atoms with Gasteiger partial charge in [0.05, 0.1) is 6.10 Å². The van der Waals surface area contributed by atoms with Crippen LogP contribution in [0.1, 0.15) is 34.1 Å². The number of aliphatic hydroxyl groups excluding tert-OH is 1. The fraction of sp³-hybridized carbons (Fsp3) is 1.00. The first-order chi connectivity index (χ1) is 7.12. The maximum absolute atomic E-state index is 12.0. The highest BCUT2D eigenvalue weighted by Gasteiger charge is 2.33. The van der Waals surface area contributed by atoms with Gasteiger partial charge in [0.25, 0.3) is 10.2 Å². The first-order valence-electron chi connectivity index (χ1n) is 5.59. The smallest absolute Gasteiger partial charge is 0.280 e. The Bertz CT molecular complexity index is 334. The number of aliphatic hydroxyl groups is 1. The third-order valence-corrected chi connectivity index (χ3v) is 4.54. The highest BCUT2D eigenvalue weighted by atomic mass is 32.2. The Kier molecular flexibility index (Phi) is 3.99. The van der Waals surface area contributed by atoms with Gasteiger partial charge in [-0.15, -0.1) is 0 Å². The number of hydrogen-bond donors (Lipinski definition) is 2. The Morgan fingerprint density at radius 2 is 1.94 bits per heavy atom. The fourth-order valence-electron chi connectivity index (χ4n) is 1.69. The van der Waals surface area contributed by atoms with Crippen LogP contribution >= 0.6 is 0 Å². The summed E-state index contributed by atoms with van der Waals surface area (Å²) in [6.45, 7) is 8.00. The van der Waals surface area contributed by atoms with Gasteiger partial charge < -0.3 is 5.11 Å². The van der Waals surface area contributed by atoms with Crippen molar-refractivity contribution in [3.63, 3.8) is 0 Å². The molecule has 1 rings (SSSR count). The van der Waals surface area contributed by atoms with Gasteiger partial charge in [0.15, 0.2) is 0 Å². The molecule has 0 aromatic carbocycles. The van der Waals surface area contributed by atoms with E-state index < -0.39 is 21.9 Å². The topological polar surface area (TPSA) is 69.6 Å². The molecule has 6 heteroatoms. The third-order valence-electron chi connectivity index (χ3n) is 2.66. The van der Waals surface area contributed by atoms with Crippen LogP contribution in [0.2, 0.25) is 0 Å². The average Bonchev–Trinajstić information content (AvgIpc) is 2.05. The quantitative estimate of drug-likeness (QED) is 0.741. The third kappa shape index (κ3) is 3.69. The molecule has 2 atom stereocenters. The van der Waals surface area contributed by atoms with Crippen LogP contribution in [0.15, 0.2) is 0 Å². The van der Waals surface area contributed by atoms with E-state index in [1.807, 2.05) is 6.92 Å². The van der Waals surface area contributed by atoms with Crippen molar-refractivity contribution in [2.75, 3.05) is 13.1 Å². The molecule has 2 N–H and O–H groups in total. The molecule has 0 aliphatic carbocycles. The zero-order valence-electron chi connectivity index (χ0n) is 10.4. The summed E-state index contributed by atoms with van der Waals surface area (Å²) in [7, 11) is -3.47.